The molecule has 0 saturated carbocycles. The third-order valence-electron chi connectivity index (χ3n) is 4.81. The zero-order valence-electron chi connectivity index (χ0n) is 14.5. The van der Waals surface area contributed by atoms with Crippen LogP contribution in [0.5, 0.6) is 0 Å². The van der Waals surface area contributed by atoms with Gasteiger partial charge < -0.3 is 20.4 Å². The smallest absolute Gasteiger partial charge is 0.244 e. The largest absolute Gasteiger partial charge is 0.341 e. The summed E-state index contributed by atoms with van der Waals surface area (Å²) in [6, 6.07) is 7.53. The van der Waals surface area contributed by atoms with E-state index in [2.05, 4.69) is 10.6 Å². The Morgan fingerprint density at radius 3 is 2.80 bits per heavy atom. The summed E-state index contributed by atoms with van der Waals surface area (Å²) in [4.78, 5) is 40.1. The number of carbonyl (C=O) groups is 3. The maximum absolute atomic E-state index is 12.6. The first-order valence-corrected chi connectivity index (χ1v) is 8.73. The minimum absolute atomic E-state index is 0.00282. The molecule has 1 aromatic carbocycles. The number of nitrogens with one attached hydrogen (secondary N) is 2. The van der Waals surface area contributed by atoms with Gasteiger partial charge in [-0.05, 0) is 32.0 Å². The number of hydrogen-bond donors (Lipinski definition) is 2. The Morgan fingerprint density at radius 2 is 2.00 bits per heavy atom. The van der Waals surface area contributed by atoms with Crippen molar-refractivity contribution >= 4 is 29.1 Å². The van der Waals surface area contributed by atoms with Crippen molar-refractivity contribution in [3.63, 3.8) is 0 Å². The number of likely N-dealkylation sites (tertiary alicyclic amines) is 1. The van der Waals surface area contributed by atoms with Crippen molar-refractivity contribution in [2.75, 3.05) is 36.9 Å². The lowest BCUT2D eigenvalue weighted by molar-refractivity contribution is -0.134. The van der Waals surface area contributed by atoms with Crippen molar-refractivity contribution < 1.29 is 14.4 Å². The molecule has 2 aliphatic heterocycles. The minimum Gasteiger partial charge on any atom is -0.341 e. The number of anilines is 2. The highest BCUT2D eigenvalue weighted by Gasteiger charge is 2.28. The van der Waals surface area contributed by atoms with E-state index in [9.17, 15) is 14.4 Å². The molecular formula is C18H24N4O3. The van der Waals surface area contributed by atoms with Crippen molar-refractivity contribution in [1.82, 2.24) is 10.2 Å². The molecule has 1 atom stereocenters. The SMILES string of the molecule is CNC1CCCN(C(=O)CCC(=O)N2CC(=O)Nc3ccccc32)C1. The van der Waals surface area contributed by atoms with Gasteiger partial charge >= 0.3 is 0 Å². The summed E-state index contributed by atoms with van der Waals surface area (Å²) in [7, 11) is 1.90. The molecular weight excluding hydrogens is 320 g/mol. The number of likely N-dealkylation sites (N-methyl/N-ethyl adjacent to an activating group) is 1. The van der Waals surface area contributed by atoms with Gasteiger partial charge in [-0.2, -0.15) is 0 Å². The minimum atomic E-state index is -0.216. The van der Waals surface area contributed by atoms with Gasteiger partial charge in [0, 0.05) is 32.0 Å². The second-order valence-electron chi connectivity index (χ2n) is 6.51. The van der Waals surface area contributed by atoms with Crippen molar-refractivity contribution in [1.29, 1.82) is 0 Å². The van der Waals surface area contributed by atoms with Crippen LogP contribution in [0.4, 0.5) is 11.4 Å². The Kier molecular flexibility index (Phi) is 5.33. The summed E-state index contributed by atoms with van der Waals surface area (Å²) in [5.41, 5.74) is 1.32. The van der Waals surface area contributed by atoms with E-state index in [1.807, 2.05) is 24.1 Å². The van der Waals surface area contributed by atoms with E-state index in [0.717, 1.165) is 19.4 Å². The molecule has 1 unspecified atom stereocenters. The Balaban J connectivity index is 1.59. The molecule has 3 rings (SSSR count). The fourth-order valence-electron chi connectivity index (χ4n) is 3.40. The number of rotatable bonds is 4. The van der Waals surface area contributed by atoms with Crippen LogP contribution in [0, 0.1) is 0 Å². The van der Waals surface area contributed by atoms with Crippen LogP contribution in [0.3, 0.4) is 0 Å². The summed E-state index contributed by atoms with van der Waals surface area (Å²) < 4.78 is 0. The van der Waals surface area contributed by atoms with E-state index in [0.29, 0.717) is 24.0 Å². The van der Waals surface area contributed by atoms with Crippen LogP contribution in [0.15, 0.2) is 24.3 Å². The van der Waals surface area contributed by atoms with Crippen molar-refractivity contribution in [3.05, 3.63) is 24.3 Å². The molecule has 1 fully saturated rings. The first kappa shape index (κ1) is 17.4. The van der Waals surface area contributed by atoms with Gasteiger partial charge in [0.15, 0.2) is 0 Å². The number of benzene rings is 1. The second kappa shape index (κ2) is 7.65. The normalized spacial score (nSPS) is 20.0. The van der Waals surface area contributed by atoms with Crippen LogP contribution in [-0.2, 0) is 14.4 Å². The monoisotopic (exact) mass is 344 g/mol. The third kappa shape index (κ3) is 3.99. The number of hydrogen-bond acceptors (Lipinski definition) is 4. The van der Waals surface area contributed by atoms with Gasteiger partial charge in [-0.3, -0.25) is 14.4 Å². The lowest BCUT2D eigenvalue weighted by Gasteiger charge is -2.33. The molecule has 0 aliphatic carbocycles. The maximum Gasteiger partial charge on any atom is 0.244 e. The molecule has 0 radical (unpaired) electrons. The van der Waals surface area contributed by atoms with E-state index in [4.69, 9.17) is 0 Å². The summed E-state index contributed by atoms with van der Waals surface area (Å²) in [5, 5.41) is 5.97. The summed E-state index contributed by atoms with van der Waals surface area (Å²) in [6.07, 6.45) is 2.33. The standard InChI is InChI=1S/C18H24N4O3/c1-19-13-5-4-10-21(11-13)17(24)8-9-18(25)22-12-16(23)20-14-6-2-3-7-15(14)22/h2-3,6-7,13,19H,4-5,8-12H2,1H3,(H,20,23). The van der Waals surface area contributed by atoms with Gasteiger partial charge in [-0.15, -0.1) is 0 Å². The molecule has 0 spiro atoms. The van der Waals surface area contributed by atoms with Crippen molar-refractivity contribution in [2.24, 2.45) is 0 Å². The molecule has 1 saturated heterocycles. The third-order valence-corrected chi connectivity index (χ3v) is 4.81. The van der Waals surface area contributed by atoms with Crippen molar-refractivity contribution in [3.8, 4) is 0 Å². The van der Waals surface area contributed by atoms with Crippen LogP contribution >= 0.6 is 0 Å². The van der Waals surface area contributed by atoms with Gasteiger partial charge in [0.05, 0.1) is 11.4 Å². The Morgan fingerprint density at radius 1 is 1.24 bits per heavy atom. The fourth-order valence-corrected chi connectivity index (χ4v) is 3.40. The van der Waals surface area contributed by atoms with E-state index in [1.165, 1.54) is 4.90 Å². The van der Waals surface area contributed by atoms with Crippen LogP contribution in [0.1, 0.15) is 25.7 Å². The Labute approximate surface area is 147 Å². The number of amides is 3. The molecule has 2 N–H and O–H groups in total. The van der Waals surface area contributed by atoms with E-state index in [1.54, 1.807) is 12.1 Å². The predicted octanol–water partition coefficient (Wildman–Crippen LogP) is 0.962. The van der Waals surface area contributed by atoms with Crippen LogP contribution in [0.25, 0.3) is 0 Å². The summed E-state index contributed by atoms with van der Waals surface area (Å²) in [6.45, 7) is 1.44. The lowest BCUT2D eigenvalue weighted by atomic mass is 10.1. The molecule has 2 heterocycles. The Hall–Kier alpha value is -2.41. The highest BCUT2D eigenvalue weighted by atomic mass is 16.2. The summed E-state index contributed by atoms with van der Waals surface area (Å²) >= 11 is 0. The molecule has 2 aliphatic rings. The average molecular weight is 344 g/mol. The molecule has 0 aromatic heterocycles. The number of piperidine rings is 1. The quantitative estimate of drug-likeness (QED) is 0.852. The number of nitrogens with zero attached hydrogens (tertiary/aromatic N) is 2. The molecule has 7 nitrogen and oxygen atoms in total. The second-order valence-corrected chi connectivity index (χ2v) is 6.51. The molecule has 1 aromatic rings. The van der Waals surface area contributed by atoms with E-state index >= 15 is 0 Å². The van der Waals surface area contributed by atoms with Gasteiger partial charge in [-0.25, -0.2) is 0 Å². The highest BCUT2D eigenvalue weighted by Crippen LogP contribution is 2.29. The van der Waals surface area contributed by atoms with Gasteiger partial charge in [0.2, 0.25) is 17.7 Å². The lowest BCUT2D eigenvalue weighted by Crippen LogP contribution is -2.47. The molecule has 134 valence electrons. The van der Waals surface area contributed by atoms with Gasteiger partial charge in [0.1, 0.15) is 6.54 Å². The molecule has 3 amide bonds. The van der Waals surface area contributed by atoms with Crippen LogP contribution in [0.2, 0.25) is 0 Å². The van der Waals surface area contributed by atoms with E-state index in [-0.39, 0.29) is 37.1 Å². The number of carbonyl (C=O) groups excluding carboxylic acids is 3. The Bertz CT molecular complexity index is 676. The average Bonchev–Trinajstić information content (AvgIpc) is 2.65. The zero-order chi connectivity index (χ0) is 17.8. The molecule has 7 heteroatoms. The number of fused-ring (bicyclic) bond motifs is 1. The first-order valence-electron chi connectivity index (χ1n) is 8.73. The number of para-hydroxylation sites is 2. The maximum atomic E-state index is 12.6. The topological polar surface area (TPSA) is 81.8 Å². The van der Waals surface area contributed by atoms with Gasteiger partial charge in [-0.1, -0.05) is 12.1 Å². The molecule has 0 bridgehead atoms. The van der Waals surface area contributed by atoms with Crippen LogP contribution in [-0.4, -0.2) is 55.3 Å². The van der Waals surface area contributed by atoms with Crippen LogP contribution < -0.4 is 15.5 Å². The highest BCUT2D eigenvalue weighted by molar-refractivity contribution is 6.10. The molecule has 25 heavy (non-hydrogen) atoms. The predicted molar refractivity (Wildman–Crippen MR) is 95.3 cm³/mol. The first-order chi connectivity index (χ1) is 12.1. The van der Waals surface area contributed by atoms with Gasteiger partial charge in [0.25, 0.3) is 0 Å². The zero-order valence-corrected chi connectivity index (χ0v) is 14.5. The summed E-state index contributed by atoms with van der Waals surface area (Å²) in [5.74, 6) is -0.410. The van der Waals surface area contributed by atoms with Crippen molar-refractivity contribution in [2.45, 2.75) is 31.7 Å². The fraction of sp³-hybridized carbons (Fsp3) is 0.500. The van der Waals surface area contributed by atoms with E-state index < -0.39 is 0 Å².